The summed E-state index contributed by atoms with van der Waals surface area (Å²) in [5.41, 5.74) is -0.620. The number of carbonyl (C=O) groups excluding carboxylic acids is 1. The maximum absolute atomic E-state index is 12.0. The van der Waals surface area contributed by atoms with Gasteiger partial charge in [-0.1, -0.05) is 12.1 Å². The van der Waals surface area contributed by atoms with E-state index in [9.17, 15) is 23.5 Å². The number of aliphatic carboxylic acids is 1. The highest BCUT2D eigenvalue weighted by Gasteiger charge is 2.43. The highest BCUT2D eigenvalue weighted by atomic mass is 32.2. The Morgan fingerprint density at radius 1 is 1.36 bits per heavy atom. The van der Waals surface area contributed by atoms with Crippen molar-refractivity contribution in [2.75, 3.05) is 11.5 Å². The molecule has 1 aromatic carbocycles. The van der Waals surface area contributed by atoms with E-state index in [1.807, 2.05) is 0 Å². The number of rotatable bonds is 6. The van der Waals surface area contributed by atoms with Crippen LogP contribution < -0.4 is 10.1 Å². The molecule has 0 saturated carbocycles. The molecule has 0 spiro atoms. The first-order chi connectivity index (χ1) is 10.4. The topological polar surface area (TPSA) is 75.6 Å². The zero-order valence-electron chi connectivity index (χ0n) is 11.6. The monoisotopic (exact) mass is 331 g/mol. The molecule has 1 amide bonds. The molecule has 1 unspecified atom stereocenters. The highest BCUT2D eigenvalue weighted by Crippen LogP contribution is 2.28. The molecule has 1 fully saturated rings. The van der Waals surface area contributed by atoms with E-state index in [1.165, 1.54) is 36.0 Å². The van der Waals surface area contributed by atoms with E-state index in [0.717, 1.165) is 0 Å². The lowest BCUT2D eigenvalue weighted by Crippen LogP contribution is -2.55. The minimum atomic E-state index is -2.90. The predicted octanol–water partition coefficient (Wildman–Crippen LogP) is 1.91. The van der Waals surface area contributed by atoms with E-state index >= 15 is 0 Å². The van der Waals surface area contributed by atoms with Crippen LogP contribution in [-0.2, 0) is 16.0 Å². The van der Waals surface area contributed by atoms with Crippen LogP contribution in [0.2, 0.25) is 0 Å². The fourth-order valence-corrected chi connectivity index (χ4v) is 3.50. The average molecular weight is 331 g/mol. The maximum Gasteiger partial charge on any atom is 0.387 e. The van der Waals surface area contributed by atoms with Crippen molar-refractivity contribution in [3.63, 3.8) is 0 Å². The van der Waals surface area contributed by atoms with Gasteiger partial charge in [0.05, 0.1) is 6.42 Å². The molecular weight excluding hydrogens is 316 g/mol. The van der Waals surface area contributed by atoms with Gasteiger partial charge in [-0.15, -0.1) is 0 Å². The highest BCUT2D eigenvalue weighted by molar-refractivity contribution is 7.99. The van der Waals surface area contributed by atoms with Crippen LogP contribution in [0.15, 0.2) is 24.3 Å². The Bertz CT molecular complexity index is 544. The zero-order valence-corrected chi connectivity index (χ0v) is 12.4. The molecule has 0 aromatic heterocycles. The van der Waals surface area contributed by atoms with Crippen LogP contribution in [0, 0.1) is 0 Å². The van der Waals surface area contributed by atoms with Crippen LogP contribution in [0.25, 0.3) is 0 Å². The van der Waals surface area contributed by atoms with Gasteiger partial charge in [0.2, 0.25) is 5.91 Å². The number of hydrogen-bond donors (Lipinski definition) is 2. The average Bonchev–Trinajstić information content (AvgIpc) is 2.90. The van der Waals surface area contributed by atoms with Gasteiger partial charge in [-0.05, 0) is 29.9 Å². The van der Waals surface area contributed by atoms with E-state index in [0.29, 0.717) is 23.5 Å². The number of carbonyl (C=O) groups is 2. The van der Waals surface area contributed by atoms with Gasteiger partial charge in [-0.25, -0.2) is 4.79 Å². The van der Waals surface area contributed by atoms with Crippen LogP contribution in [-0.4, -0.2) is 40.6 Å². The Balaban J connectivity index is 1.95. The van der Waals surface area contributed by atoms with Gasteiger partial charge >= 0.3 is 12.6 Å². The number of alkyl halides is 2. The lowest BCUT2D eigenvalue weighted by molar-refractivity contribution is -0.146. The Kier molecular flexibility index (Phi) is 5.23. The van der Waals surface area contributed by atoms with Crippen molar-refractivity contribution in [3.05, 3.63) is 29.8 Å². The second kappa shape index (κ2) is 6.95. The van der Waals surface area contributed by atoms with E-state index in [1.54, 1.807) is 0 Å². The first-order valence-electron chi connectivity index (χ1n) is 6.57. The summed E-state index contributed by atoms with van der Waals surface area (Å²) in [6, 6.07) is 5.67. The Morgan fingerprint density at radius 3 is 2.55 bits per heavy atom. The molecule has 2 N–H and O–H groups in total. The molecule has 8 heteroatoms. The van der Waals surface area contributed by atoms with Crippen molar-refractivity contribution < 1.29 is 28.2 Å². The lowest BCUT2D eigenvalue weighted by Gasteiger charge is -2.24. The summed E-state index contributed by atoms with van der Waals surface area (Å²) in [7, 11) is 0. The molecule has 1 heterocycles. The molecule has 1 saturated heterocycles. The molecule has 1 aliphatic heterocycles. The number of benzene rings is 1. The number of carboxylic acid groups (broad SMARTS) is 1. The zero-order chi connectivity index (χ0) is 16.2. The van der Waals surface area contributed by atoms with Crippen molar-refractivity contribution >= 4 is 23.6 Å². The maximum atomic E-state index is 12.0. The molecule has 0 radical (unpaired) electrons. The third-order valence-corrected chi connectivity index (χ3v) is 4.51. The van der Waals surface area contributed by atoms with E-state index < -0.39 is 24.0 Å². The summed E-state index contributed by atoms with van der Waals surface area (Å²) >= 11 is 1.48. The van der Waals surface area contributed by atoms with Crippen molar-refractivity contribution in [2.45, 2.75) is 25.0 Å². The molecule has 5 nitrogen and oxygen atoms in total. The number of carboxylic acids is 1. The number of nitrogens with one attached hydrogen (secondary N) is 1. The first kappa shape index (κ1) is 16.5. The van der Waals surface area contributed by atoms with Gasteiger partial charge in [-0.2, -0.15) is 20.5 Å². The van der Waals surface area contributed by atoms with Gasteiger partial charge in [-0.3, -0.25) is 4.79 Å². The SMILES string of the molecule is O=C(Cc1ccc(OC(F)F)cc1)NC1(C(=O)O)CCSC1. The largest absolute Gasteiger partial charge is 0.479 e. The molecule has 22 heavy (non-hydrogen) atoms. The fourth-order valence-electron chi connectivity index (χ4n) is 2.17. The summed E-state index contributed by atoms with van der Waals surface area (Å²) < 4.78 is 28.3. The number of ether oxygens (including phenoxy) is 1. The first-order valence-corrected chi connectivity index (χ1v) is 7.73. The van der Waals surface area contributed by atoms with Crippen molar-refractivity contribution in [2.24, 2.45) is 0 Å². The van der Waals surface area contributed by atoms with Crippen molar-refractivity contribution in [1.82, 2.24) is 5.32 Å². The molecule has 0 bridgehead atoms. The van der Waals surface area contributed by atoms with Crippen LogP contribution in [0.5, 0.6) is 5.75 Å². The van der Waals surface area contributed by atoms with Crippen LogP contribution in [0.1, 0.15) is 12.0 Å². The molecule has 120 valence electrons. The van der Waals surface area contributed by atoms with E-state index in [-0.39, 0.29) is 12.2 Å². The molecular formula is C14H15F2NO4S. The lowest BCUT2D eigenvalue weighted by atomic mass is 9.98. The minimum absolute atomic E-state index is 0.00774. The normalized spacial score (nSPS) is 20.9. The third kappa shape index (κ3) is 4.09. The van der Waals surface area contributed by atoms with Crippen LogP contribution in [0.4, 0.5) is 8.78 Å². The van der Waals surface area contributed by atoms with E-state index in [4.69, 9.17) is 0 Å². The molecule has 1 aliphatic rings. The second-order valence-corrected chi connectivity index (χ2v) is 6.04. The Morgan fingerprint density at radius 2 is 2.05 bits per heavy atom. The van der Waals surface area contributed by atoms with Gasteiger partial charge in [0.1, 0.15) is 11.3 Å². The van der Waals surface area contributed by atoms with Gasteiger partial charge in [0.25, 0.3) is 0 Å². The van der Waals surface area contributed by atoms with E-state index in [2.05, 4.69) is 10.1 Å². The summed E-state index contributed by atoms with van der Waals surface area (Å²) in [6.45, 7) is -2.90. The molecule has 1 atom stereocenters. The number of hydrogen-bond acceptors (Lipinski definition) is 4. The summed E-state index contributed by atoms with van der Waals surface area (Å²) in [4.78, 5) is 23.3. The predicted molar refractivity (Wildman–Crippen MR) is 77.2 cm³/mol. The summed E-state index contributed by atoms with van der Waals surface area (Å²) in [6.07, 6.45) is 0.370. The number of halogens is 2. The second-order valence-electron chi connectivity index (χ2n) is 4.94. The standard InChI is InChI=1S/C14H15F2NO4S/c15-13(16)21-10-3-1-9(2-4-10)7-11(18)17-14(12(19)20)5-6-22-8-14/h1-4,13H,5-8H2,(H,17,18)(H,19,20). The number of thioether (sulfide) groups is 1. The van der Waals surface area contributed by atoms with Gasteiger partial charge in [0, 0.05) is 5.75 Å². The van der Waals surface area contributed by atoms with Crippen molar-refractivity contribution in [3.8, 4) is 5.75 Å². The summed E-state index contributed by atoms with van der Waals surface area (Å²) in [5, 5.41) is 11.9. The molecule has 2 rings (SSSR count). The van der Waals surface area contributed by atoms with Crippen molar-refractivity contribution in [1.29, 1.82) is 0 Å². The Labute approximate surface area is 130 Å². The smallest absolute Gasteiger partial charge is 0.387 e. The van der Waals surface area contributed by atoms with Gasteiger partial charge < -0.3 is 15.2 Å². The molecule has 1 aromatic rings. The Hall–Kier alpha value is -1.83. The van der Waals surface area contributed by atoms with Gasteiger partial charge in [0.15, 0.2) is 0 Å². The fraction of sp³-hybridized carbons (Fsp3) is 0.429. The number of amides is 1. The summed E-state index contributed by atoms with van der Waals surface area (Å²) in [5.74, 6) is -0.408. The van der Waals surface area contributed by atoms with Crippen LogP contribution >= 0.6 is 11.8 Å². The minimum Gasteiger partial charge on any atom is -0.479 e. The van der Waals surface area contributed by atoms with Crippen LogP contribution in [0.3, 0.4) is 0 Å². The third-order valence-electron chi connectivity index (χ3n) is 3.32. The molecule has 0 aliphatic carbocycles. The quantitative estimate of drug-likeness (QED) is 0.833.